The van der Waals surface area contributed by atoms with E-state index >= 15 is 0 Å². The molecule has 0 saturated carbocycles. The van der Waals surface area contributed by atoms with Gasteiger partial charge in [-0.3, -0.25) is 9.69 Å². The first-order valence-corrected chi connectivity index (χ1v) is 12.1. The Balaban J connectivity index is 1.48. The summed E-state index contributed by atoms with van der Waals surface area (Å²) >= 11 is 3.42. The molecule has 0 saturated heterocycles. The molecule has 3 heterocycles. The minimum atomic E-state index is -0.459. The molecule has 3 aromatic carbocycles. The first-order valence-electron chi connectivity index (χ1n) is 11.3. The molecule has 0 fully saturated rings. The molecular weight excluding hydrogens is 494 g/mol. The molecule has 3 aromatic rings. The number of fused-ring (bicyclic) bond motifs is 8. The quantitative estimate of drug-likeness (QED) is 0.361. The number of Topliss-reactive ketones (excluding diaryl/α,β-unsaturated/α-hetero) is 1. The number of benzene rings is 3. The largest absolute Gasteiger partial charge is 0.452 e. The van der Waals surface area contributed by atoms with E-state index in [4.69, 9.17) is 9.47 Å². The number of ketones is 1. The summed E-state index contributed by atoms with van der Waals surface area (Å²) in [7, 11) is 1.39. The van der Waals surface area contributed by atoms with Crippen molar-refractivity contribution in [1.82, 2.24) is 4.90 Å². The predicted molar refractivity (Wildman–Crippen MR) is 131 cm³/mol. The van der Waals surface area contributed by atoms with Crippen LogP contribution in [0.25, 0.3) is 5.57 Å². The van der Waals surface area contributed by atoms with Crippen molar-refractivity contribution in [3.05, 3.63) is 111 Å². The first kappa shape index (κ1) is 21.3. The lowest BCUT2D eigenvalue weighted by Crippen LogP contribution is -2.40. The Morgan fingerprint density at radius 1 is 0.971 bits per heavy atom. The summed E-state index contributed by atoms with van der Waals surface area (Å²) in [5, 5.41) is 0. The van der Waals surface area contributed by atoms with Crippen LogP contribution in [0.1, 0.15) is 63.7 Å². The Morgan fingerprint density at radius 3 is 2.38 bits per heavy atom. The molecule has 3 atom stereocenters. The van der Waals surface area contributed by atoms with Gasteiger partial charge in [0.15, 0.2) is 5.78 Å². The first-order chi connectivity index (χ1) is 16.6. The maximum absolute atomic E-state index is 13.3. The van der Waals surface area contributed by atoms with Gasteiger partial charge < -0.3 is 9.47 Å². The highest BCUT2D eigenvalue weighted by Crippen LogP contribution is 2.58. The number of hydrogen-bond donors (Lipinski definition) is 0. The monoisotopic (exact) mass is 515 g/mol. The number of hydrogen-bond acceptors (Lipinski definition) is 4. The summed E-state index contributed by atoms with van der Waals surface area (Å²) in [5.41, 5.74) is 6.76. The lowest BCUT2D eigenvalue weighted by Gasteiger charge is -2.43. The van der Waals surface area contributed by atoms with Gasteiger partial charge in [0.2, 0.25) is 0 Å². The van der Waals surface area contributed by atoms with E-state index in [1.165, 1.54) is 7.11 Å². The fraction of sp³-hybridized carbons (Fsp3) is 0.214. The molecule has 3 aliphatic rings. The molecule has 0 radical (unpaired) electrons. The Labute approximate surface area is 206 Å². The second-order valence-corrected chi connectivity index (χ2v) is 9.69. The van der Waals surface area contributed by atoms with E-state index in [0.29, 0.717) is 12.0 Å². The highest BCUT2D eigenvalue weighted by Gasteiger charge is 2.48. The van der Waals surface area contributed by atoms with Crippen molar-refractivity contribution >= 4 is 33.4 Å². The smallest absolute Gasteiger partial charge is 0.414 e. The highest BCUT2D eigenvalue weighted by atomic mass is 79.9. The van der Waals surface area contributed by atoms with Crippen LogP contribution in [0.3, 0.4) is 0 Å². The average molecular weight is 516 g/mol. The zero-order chi connectivity index (χ0) is 23.4. The minimum absolute atomic E-state index is 0.0245. The number of nitrogens with zero attached hydrogens (tertiary/aromatic N) is 1. The molecule has 0 spiro atoms. The van der Waals surface area contributed by atoms with Crippen LogP contribution in [0.4, 0.5) is 4.79 Å². The molecule has 2 bridgehead atoms. The van der Waals surface area contributed by atoms with E-state index in [9.17, 15) is 9.59 Å². The Hall–Kier alpha value is -3.22. The molecule has 0 N–H and O–H groups in total. The third kappa shape index (κ3) is 3.24. The van der Waals surface area contributed by atoms with Crippen molar-refractivity contribution in [3.8, 4) is 0 Å². The summed E-state index contributed by atoms with van der Waals surface area (Å²) in [4.78, 5) is 28.3. The standard InChI is InChI=1S/C28H22BrNO4/c1-33-28(32)30-22(14-24(31)16-10-12-17(29)13-11-16)18-6-2-4-8-20(18)26-23(30)15-25-19-7-3-5-9-21(19)27(26)34-25/h2-13,22,25,27H,14-15H2,1H3/t22-,25-,27-/m0/s1. The second-order valence-electron chi connectivity index (χ2n) is 8.78. The minimum Gasteiger partial charge on any atom is -0.452 e. The average Bonchev–Trinajstić information content (AvgIpc) is 3.16. The summed E-state index contributed by atoms with van der Waals surface area (Å²) < 4.78 is 12.6. The third-order valence-corrected chi connectivity index (χ3v) is 7.53. The molecule has 1 amide bonds. The summed E-state index contributed by atoms with van der Waals surface area (Å²) in [6, 6.07) is 23.1. The summed E-state index contributed by atoms with van der Waals surface area (Å²) in [5.74, 6) is -0.0245. The van der Waals surface area contributed by atoms with Gasteiger partial charge in [0, 0.05) is 34.1 Å². The van der Waals surface area contributed by atoms with E-state index in [2.05, 4.69) is 34.1 Å². The fourth-order valence-electron chi connectivity index (χ4n) is 5.52. The number of rotatable bonds is 3. The van der Waals surface area contributed by atoms with E-state index in [1.54, 1.807) is 17.0 Å². The van der Waals surface area contributed by atoms with Crippen LogP contribution in [-0.4, -0.2) is 23.9 Å². The molecule has 34 heavy (non-hydrogen) atoms. The SMILES string of the molecule is COC(=O)N1C2=C(c3ccccc3[C@@H]1CC(=O)c1ccc(Br)cc1)[C@H]1O[C@@H](C2)c2ccccc21. The maximum atomic E-state index is 13.3. The molecule has 0 aliphatic carbocycles. The van der Waals surface area contributed by atoms with Crippen LogP contribution in [0, 0.1) is 0 Å². The van der Waals surface area contributed by atoms with Crippen LogP contribution >= 0.6 is 15.9 Å². The van der Waals surface area contributed by atoms with Gasteiger partial charge in [-0.05, 0) is 34.4 Å². The van der Waals surface area contributed by atoms with E-state index in [0.717, 1.165) is 38.0 Å². The predicted octanol–water partition coefficient (Wildman–Crippen LogP) is 6.77. The number of ether oxygens (including phenoxy) is 2. The Bertz CT molecular complexity index is 1350. The van der Waals surface area contributed by atoms with E-state index in [-0.39, 0.29) is 24.4 Å². The molecule has 5 nitrogen and oxygen atoms in total. The number of methoxy groups -OCH3 is 1. The van der Waals surface area contributed by atoms with Crippen LogP contribution in [0.5, 0.6) is 0 Å². The molecular formula is C28H22BrNO4. The number of halogens is 1. The van der Waals surface area contributed by atoms with Gasteiger partial charge in [-0.15, -0.1) is 0 Å². The molecule has 6 rings (SSSR count). The highest BCUT2D eigenvalue weighted by molar-refractivity contribution is 9.10. The van der Waals surface area contributed by atoms with Gasteiger partial charge >= 0.3 is 6.09 Å². The fourth-order valence-corrected chi connectivity index (χ4v) is 5.79. The van der Waals surface area contributed by atoms with Crippen molar-refractivity contribution in [2.75, 3.05) is 7.11 Å². The van der Waals surface area contributed by atoms with Crippen molar-refractivity contribution in [2.45, 2.75) is 31.1 Å². The normalized spacial score (nSPS) is 22.1. The van der Waals surface area contributed by atoms with Crippen LogP contribution in [0.15, 0.2) is 83.0 Å². The second kappa shape index (κ2) is 8.22. The lowest BCUT2D eigenvalue weighted by molar-refractivity contribution is 0.0209. The van der Waals surface area contributed by atoms with Crippen LogP contribution in [0.2, 0.25) is 0 Å². The van der Waals surface area contributed by atoms with Gasteiger partial charge in [-0.1, -0.05) is 76.6 Å². The van der Waals surface area contributed by atoms with Gasteiger partial charge in [-0.25, -0.2) is 4.79 Å². The topological polar surface area (TPSA) is 55.8 Å². The summed E-state index contributed by atoms with van der Waals surface area (Å²) in [6.07, 6.45) is -0.120. The molecule has 0 aromatic heterocycles. The molecule has 3 aliphatic heterocycles. The molecule has 170 valence electrons. The number of amides is 1. The van der Waals surface area contributed by atoms with Gasteiger partial charge in [0.05, 0.1) is 19.3 Å². The molecule has 0 unspecified atom stereocenters. The third-order valence-electron chi connectivity index (χ3n) is 7.01. The van der Waals surface area contributed by atoms with Gasteiger partial charge in [-0.2, -0.15) is 0 Å². The van der Waals surface area contributed by atoms with Gasteiger partial charge in [0.25, 0.3) is 0 Å². The lowest BCUT2D eigenvalue weighted by atomic mass is 9.81. The van der Waals surface area contributed by atoms with Crippen molar-refractivity contribution < 1.29 is 19.1 Å². The zero-order valence-corrected chi connectivity index (χ0v) is 20.1. The van der Waals surface area contributed by atoms with Crippen molar-refractivity contribution in [2.24, 2.45) is 0 Å². The van der Waals surface area contributed by atoms with Crippen molar-refractivity contribution in [3.63, 3.8) is 0 Å². The molecule has 6 heteroatoms. The van der Waals surface area contributed by atoms with Crippen molar-refractivity contribution in [1.29, 1.82) is 0 Å². The Kier molecular flexibility index (Phi) is 5.15. The number of carbonyl (C=O) groups excluding carboxylic acids is 2. The zero-order valence-electron chi connectivity index (χ0n) is 18.5. The van der Waals surface area contributed by atoms with Crippen LogP contribution in [-0.2, 0) is 9.47 Å². The maximum Gasteiger partial charge on any atom is 0.414 e. The number of carbonyl (C=O) groups is 2. The van der Waals surface area contributed by atoms with E-state index in [1.807, 2.05) is 42.5 Å². The van der Waals surface area contributed by atoms with Gasteiger partial charge in [0.1, 0.15) is 6.10 Å². The Morgan fingerprint density at radius 2 is 1.65 bits per heavy atom. The van der Waals surface area contributed by atoms with Crippen LogP contribution < -0.4 is 0 Å². The van der Waals surface area contributed by atoms with E-state index < -0.39 is 12.1 Å². The summed E-state index contributed by atoms with van der Waals surface area (Å²) in [6.45, 7) is 0.